The van der Waals surface area contributed by atoms with Gasteiger partial charge in [0.05, 0.1) is 35.8 Å². The average molecular weight is 587 g/mol. The van der Waals surface area contributed by atoms with Gasteiger partial charge in [0.25, 0.3) is 0 Å². The van der Waals surface area contributed by atoms with E-state index in [4.69, 9.17) is 9.72 Å². The van der Waals surface area contributed by atoms with Crippen molar-refractivity contribution >= 4 is 34.9 Å². The van der Waals surface area contributed by atoms with Gasteiger partial charge in [0.1, 0.15) is 5.82 Å². The standard InChI is InChI=1S/C34H46N6O3/c1-33(2,3)38-13-11-37(12-14-38)26-9-10-29(35-22-26)39-15-16-40(28-8-6-5-7-27(28)39)32(42)36-30-24-17-23-18-25(30)21-34(19-23,20-24)31(41)43-4/h5-10,22-25,30H,11-21H2,1-4H3,(H,36,42). The van der Waals surface area contributed by atoms with Gasteiger partial charge in [-0.15, -0.1) is 0 Å². The van der Waals surface area contributed by atoms with Gasteiger partial charge in [-0.2, -0.15) is 0 Å². The van der Waals surface area contributed by atoms with Gasteiger partial charge < -0.3 is 19.9 Å². The van der Waals surface area contributed by atoms with Gasteiger partial charge in [0, 0.05) is 50.8 Å². The van der Waals surface area contributed by atoms with Crippen molar-refractivity contribution in [2.75, 3.05) is 61.1 Å². The molecule has 2 aromatic rings. The zero-order valence-electron chi connectivity index (χ0n) is 26.1. The highest BCUT2D eigenvalue weighted by Gasteiger charge is 2.59. The number of carbonyl (C=O) groups is 2. The summed E-state index contributed by atoms with van der Waals surface area (Å²) in [5.41, 5.74) is 2.92. The van der Waals surface area contributed by atoms with Crippen molar-refractivity contribution in [2.45, 2.75) is 64.5 Å². The van der Waals surface area contributed by atoms with Crippen LogP contribution in [0.1, 0.15) is 52.9 Å². The molecule has 4 aliphatic carbocycles. The number of methoxy groups -OCH3 is 1. The lowest BCUT2D eigenvalue weighted by molar-refractivity contribution is -0.170. The minimum absolute atomic E-state index is 0.0330. The predicted molar refractivity (Wildman–Crippen MR) is 169 cm³/mol. The fraction of sp³-hybridized carbons (Fsp3) is 0.618. The molecule has 9 nitrogen and oxygen atoms in total. The summed E-state index contributed by atoms with van der Waals surface area (Å²) in [6.45, 7) is 12.2. The molecule has 6 aliphatic rings. The van der Waals surface area contributed by atoms with Crippen LogP contribution in [0.3, 0.4) is 0 Å². The summed E-state index contributed by atoms with van der Waals surface area (Å²) >= 11 is 0. The van der Waals surface area contributed by atoms with Gasteiger partial charge in [0.15, 0.2) is 0 Å². The Hall–Kier alpha value is -3.33. The molecular weight excluding hydrogens is 540 g/mol. The topological polar surface area (TPSA) is 81.2 Å². The number of urea groups is 1. The minimum atomic E-state index is -0.339. The quantitative estimate of drug-likeness (QED) is 0.503. The molecule has 2 amide bonds. The Morgan fingerprint density at radius 1 is 0.907 bits per heavy atom. The van der Waals surface area contributed by atoms with E-state index in [1.165, 1.54) is 7.11 Å². The zero-order chi connectivity index (χ0) is 29.9. The number of esters is 1. The highest BCUT2D eigenvalue weighted by Crippen LogP contribution is 2.60. The van der Waals surface area contributed by atoms with Crippen LogP contribution in [0.15, 0.2) is 42.6 Å². The van der Waals surface area contributed by atoms with Crippen molar-refractivity contribution in [3.05, 3.63) is 42.6 Å². The third kappa shape index (κ3) is 5.03. The molecule has 4 bridgehead atoms. The summed E-state index contributed by atoms with van der Waals surface area (Å²) in [7, 11) is 1.51. The Morgan fingerprint density at radius 2 is 1.60 bits per heavy atom. The number of benzene rings is 1. The number of fused-ring (bicyclic) bond motifs is 1. The summed E-state index contributed by atoms with van der Waals surface area (Å²) in [5.74, 6) is 2.10. The number of para-hydroxylation sites is 2. The van der Waals surface area contributed by atoms with E-state index >= 15 is 0 Å². The normalized spacial score (nSPS) is 30.3. The first-order valence-electron chi connectivity index (χ1n) is 16.1. The fourth-order valence-electron chi connectivity index (χ4n) is 9.12. The molecular formula is C34H46N6O3. The van der Waals surface area contributed by atoms with E-state index in [0.29, 0.717) is 30.8 Å². The third-order valence-corrected chi connectivity index (χ3v) is 11.0. The van der Waals surface area contributed by atoms with Crippen molar-refractivity contribution < 1.29 is 14.3 Å². The molecule has 0 radical (unpaired) electrons. The highest BCUT2D eigenvalue weighted by atomic mass is 16.5. The van der Waals surface area contributed by atoms with Crippen LogP contribution in [-0.2, 0) is 9.53 Å². The van der Waals surface area contributed by atoms with E-state index in [-0.39, 0.29) is 29.0 Å². The second-order valence-corrected chi connectivity index (χ2v) is 14.5. The number of nitrogens with one attached hydrogen (secondary N) is 1. The number of aromatic nitrogens is 1. The number of hydrogen-bond donors (Lipinski definition) is 1. The van der Waals surface area contributed by atoms with Crippen molar-refractivity contribution in [3.63, 3.8) is 0 Å². The first-order chi connectivity index (χ1) is 20.6. The molecule has 9 heteroatoms. The summed E-state index contributed by atoms with van der Waals surface area (Å²) < 4.78 is 5.24. The van der Waals surface area contributed by atoms with Crippen molar-refractivity contribution in [2.24, 2.45) is 23.2 Å². The number of rotatable bonds is 4. The van der Waals surface area contributed by atoms with E-state index < -0.39 is 0 Å². The van der Waals surface area contributed by atoms with Crippen LogP contribution in [-0.4, -0.2) is 79.8 Å². The highest BCUT2D eigenvalue weighted by molar-refractivity contribution is 5.98. The van der Waals surface area contributed by atoms with Gasteiger partial charge in [-0.3, -0.25) is 14.6 Å². The number of anilines is 4. The van der Waals surface area contributed by atoms with E-state index in [0.717, 1.165) is 81.2 Å². The molecule has 0 spiro atoms. The van der Waals surface area contributed by atoms with Crippen LogP contribution in [0, 0.1) is 23.2 Å². The van der Waals surface area contributed by atoms with E-state index in [9.17, 15) is 9.59 Å². The van der Waals surface area contributed by atoms with Crippen molar-refractivity contribution in [1.82, 2.24) is 15.2 Å². The maximum atomic E-state index is 13.9. The molecule has 1 saturated heterocycles. The lowest BCUT2D eigenvalue weighted by Gasteiger charge is -2.58. The van der Waals surface area contributed by atoms with Crippen LogP contribution >= 0.6 is 0 Å². The van der Waals surface area contributed by atoms with Crippen LogP contribution in [0.2, 0.25) is 0 Å². The monoisotopic (exact) mass is 586 g/mol. The third-order valence-electron chi connectivity index (χ3n) is 11.0. The summed E-state index contributed by atoms with van der Waals surface area (Å²) in [4.78, 5) is 40.6. The molecule has 8 rings (SSSR count). The van der Waals surface area contributed by atoms with Crippen LogP contribution < -0.4 is 20.0 Å². The van der Waals surface area contributed by atoms with Crippen molar-refractivity contribution in [3.8, 4) is 0 Å². The molecule has 1 N–H and O–H groups in total. The van der Waals surface area contributed by atoms with Crippen molar-refractivity contribution in [1.29, 1.82) is 0 Å². The fourth-order valence-corrected chi connectivity index (χ4v) is 9.12. The second-order valence-electron chi connectivity index (χ2n) is 14.5. The second kappa shape index (κ2) is 10.7. The lowest BCUT2D eigenvalue weighted by Crippen LogP contribution is -2.62. The Morgan fingerprint density at radius 3 is 2.23 bits per heavy atom. The molecule has 4 saturated carbocycles. The first kappa shape index (κ1) is 28.4. The van der Waals surface area contributed by atoms with Crippen LogP contribution in [0.25, 0.3) is 0 Å². The predicted octanol–water partition coefficient (Wildman–Crippen LogP) is 5.04. The molecule has 2 atom stereocenters. The molecule has 2 aliphatic heterocycles. The molecule has 2 unspecified atom stereocenters. The molecule has 5 fully saturated rings. The number of pyridine rings is 1. The minimum Gasteiger partial charge on any atom is -0.469 e. The van der Waals surface area contributed by atoms with Crippen LogP contribution in [0.4, 0.5) is 27.7 Å². The maximum absolute atomic E-state index is 13.9. The smallest absolute Gasteiger partial charge is 0.322 e. The Bertz CT molecular complexity index is 1350. The SMILES string of the molecule is COC(=O)C12CC3CC(C1)C(NC(=O)N1CCN(c4ccc(N5CCN(C(C)(C)C)CC5)cn4)c4ccccc41)C(C3)C2. The van der Waals surface area contributed by atoms with Gasteiger partial charge in [-0.05, 0) is 94.9 Å². The number of ether oxygens (including phenoxy) is 1. The van der Waals surface area contributed by atoms with Crippen LogP contribution in [0.5, 0.6) is 0 Å². The zero-order valence-corrected chi connectivity index (χ0v) is 26.1. The number of carbonyl (C=O) groups excluding carboxylic acids is 2. The first-order valence-corrected chi connectivity index (χ1v) is 16.1. The Labute approximate surface area is 255 Å². The number of nitrogens with zero attached hydrogens (tertiary/aromatic N) is 5. The van der Waals surface area contributed by atoms with E-state index in [1.54, 1.807) is 0 Å². The largest absolute Gasteiger partial charge is 0.469 e. The molecule has 1 aromatic heterocycles. The van der Waals surface area contributed by atoms with Gasteiger partial charge in [-0.1, -0.05) is 12.1 Å². The number of amides is 2. The van der Waals surface area contributed by atoms with E-state index in [2.05, 4.69) is 59.0 Å². The number of hydrogen-bond acceptors (Lipinski definition) is 7. The Balaban J connectivity index is 1.04. The maximum Gasteiger partial charge on any atom is 0.322 e. The number of piperazine rings is 1. The summed E-state index contributed by atoms with van der Waals surface area (Å²) in [6.07, 6.45) is 6.80. The molecule has 43 heavy (non-hydrogen) atoms. The van der Waals surface area contributed by atoms with E-state index in [1.807, 2.05) is 29.3 Å². The van der Waals surface area contributed by atoms with Gasteiger partial charge in [0.2, 0.25) is 0 Å². The molecule has 1 aromatic carbocycles. The lowest BCUT2D eigenvalue weighted by atomic mass is 9.48. The molecule has 230 valence electrons. The van der Waals surface area contributed by atoms with Gasteiger partial charge in [-0.25, -0.2) is 9.78 Å². The molecule has 3 heterocycles. The average Bonchev–Trinajstić information content (AvgIpc) is 3.01. The summed E-state index contributed by atoms with van der Waals surface area (Å²) in [5, 5.41) is 3.45. The Kier molecular flexibility index (Phi) is 7.07. The summed E-state index contributed by atoms with van der Waals surface area (Å²) in [6, 6.07) is 12.5. The van der Waals surface area contributed by atoms with Gasteiger partial charge >= 0.3 is 12.0 Å².